The van der Waals surface area contributed by atoms with E-state index in [9.17, 15) is 4.79 Å². The van der Waals surface area contributed by atoms with Crippen molar-refractivity contribution in [3.05, 3.63) is 95.3 Å². The minimum Gasteiger partial charge on any atom is -0.346 e. The van der Waals surface area contributed by atoms with Gasteiger partial charge in [0.1, 0.15) is 12.7 Å². The number of aryl methyl sites for hydroxylation is 2. The average molecular weight is 400 g/mol. The number of carbonyl (C=O) groups excluding carboxylic acids is 1. The van der Waals surface area contributed by atoms with E-state index in [1.165, 1.54) is 6.33 Å². The summed E-state index contributed by atoms with van der Waals surface area (Å²) < 4.78 is 3.65. The van der Waals surface area contributed by atoms with E-state index in [0.29, 0.717) is 12.1 Å². The molecule has 7 heteroatoms. The number of aromatic nitrogens is 5. The molecule has 4 rings (SSSR count). The molecule has 0 spiro atoms. The van der Waals surface area contributed by atoms with Crippen LogP contribution in [0.15, 0.2) is 67.3 Å². The van der Waals surface area contributed by atoms with Gasteiger partial charge < -0.3 is 5.32 Å². The Balaban J connectivity index is 1.43. The van der Waals surface area contributed by atoms with Crippen molar-refractivity contribution < 1.29 is 4.79 Å². The molecule has 2 heterocycles. The Bertz CT molecular complexity index is 1140. The minimum absolute atomic E-state index is 0.0990. The third-order valence-electron chi connectivity index (χ3n) is 5.05. The quantitative estimate of drug-likeness (QED) is 0.536. The zero-order chi connectivity index (χ0) is 21.1. The second kappa shape index (κ2) is 8.32. The smallest absolute Gasteiger partial charge is 0.251 e. The zero-order valence-corrected chi connectivity index (χ0v) is 17.3. The molecule has 2 aromatic carbocycles. The summed E-state index contributed by atoms with van der Waals surface area (Å²) >= 11 is 0. The molecule has 0 saturated carbocycles. The molecule has 2 aromatic heterocycles. The molecule has 0 radical (unpaired) electrons. The number of amides is 1. The molecule has 1 amide bonds. The van der Waals surface area contributed by atoms with Gasteiger partial charge in [-0.05, 0) is 62.2 Å². The zero-order valence-electron chi connectivity index (χ0n) is 17.3. The molecule has 152 valence electrons. The summed E-state index contributed by atoms with van der Waals surface area (Å²) in [7, 11) is 0. The van der Waals surface area contributed by atoms with Crippen LogP contribution in [0.3, 0.4) is 0 Å². The van der Waals surface area contributed by atoms with Crippen LogP contribution in [0.2, 0.25) is 0 Å². The number of hydrogen-bond donors (Lipinski definition) is 1. The molecule has 1 atom stereocenters. The summed E-state index contributed by atoms with van der Waals surface area (Å²) in [6, 6.07) is 17.5. The van der Waals surface area contributed by atoms with Crippen molar-refractivity contribution in [3.63, 3.8) is 0 Å². The van der Waals surface area contributed by atoms with Crippen LogP contribution in [-0.2, 0) is 6.54 Å². The Hall–Kier alpha value is -3.74. The topological polar surface area (TPSA) is 77.6 Å². The summed E-state index contributed by atoms with van der Waals surface area (Å²) in [6.45, 7) is 6.63. The fraction of sp³-hybridized carbons (Fsp3) is 0.217. The molecular formula is C23H24N6O. The first-order valence-corrected chi connectivity index (χ1v) is 9.85. The maximum Gasteiger partial charge on any atom is 0.251 e. The fourth-order valence-electron chi connectivity index (χ4n) is 3.44. The van der Waals surface area contributed by atoms with Gasteiger partial charge in [0, 0.05) is 11.3 Å². The molecule has 0 aliphatic heterocycles. The van der Waals surface area contributed by atoms with E-state index in [2.05, 4.69) is 20.5 Å². The lowest BCUT2D eigenvalue weighted by Crippen LogP contribution is -2.26. The van der Waals surface area contributed by atoms with Gasteiger partial charge in [-0.25, -0.2) is 9.67 Å². The molecule has 7 nitrogen and oxygen atoms in total. The second-order valence-electron chi connectivity index (χ2n) is 7.41. The molecule has 4 aromatic rings. The predicted octanol–water partition coefficient (Wildman–Crippen LogP) is 3.62. The van der Waals surface area contributed by atoms with Gasteiger partial charge in [-0.2, -0.15) is 10.2 Å². The summed E-state index contributed by atoms with van der Waals surface area (Å²) in [5.41, 5.74) is 5.71. The lowest BCUT2D eigenvalue weighted by molar-refractivity contribution is 0.0939. The first-order chi connectivity index (χ1) is 14.5. The summed E-state index contributed by atoms with van der Waals surface area (Å²) in [4.78, 5) is 16.8. The molecule has 0 aliphatic carbocycles. The van der Waals surface area contributed by atoms with Gasteiger partial charge >= 0.3 is 0 Å². The Morgan fingerprint density at radius 3 is 2.57 bits per heavy atom. The number of benzene rings is 2. The summed E-state index contributed by atoms with van der Waals surface area (Å²) in [6.07, 6.45) is 3.15. The Morgan fingerprint density at radius 2 is 1.90 bits per heavy atom. The molecule has 30 heavy (non-hydrogen) atoms. The van der Waals surface area contributed by atoms with E-state index in [0.717, 1.165) is 28.2 Å². The molecule has 1 unspecified atom stereocenters. The second-order valence-corrected chi connectivity index (χ2v) is 7.41. The van der Waals surface area contributed by atoms with Crippen molar-refractivity contribution in [3.8, 4) is 5.69 Å². The Labute approximate surface area is 175 Å². The number of nitrogens with one attached hydrogen (secondary N) is 1. The van der Waals surface area contributed by atoms with E-state index in [-0.39, 0.29) is 11.9 Å². The van der Waals surface area contributed by atoms with Crippen molar-refractivity contribution in [1.82, 2.24) is 29.9 Å². The van der Waals surface area contributed by atoms with E-state index < -0.39 is 0 Å². The minimum atomic E-state index is -0.123. The summed E-state index contributed by atoms with van der Waals surface area (Å²) in [5.74, 6) is -0.0990. The number of hydrogen-bond acceptors (Lipinski definition) is 4. The first kappa shape index (κ1) is 19.6. The van der Waals surface area contributed by atoms with Crippen molar-refractivity contribution in [2.45, 2.75) is 33.4 Å². The van der Waals surface area contributed by atoms with Crippen molar-refractivity contribution >= 4 is 5.91 Å². The third kappa shape index (κ3) is 4.30. The predicted molar refractivity (Wildman–Crippen MR) is 114 cm³/mol. The SMILES string of the molecule is Cc1cc(C)n(Cc2cccc(C(=O)NC(C)c3ccc(-n4cncn4)cc3)c2)n1. The maximum absolute atomic E-state index is 12.8. The Morgan fingerprint density at radius 1 is 1.10 bits per heavy atom. The number of nitrogens with zero attached hydrogens (tertiary/aromatic N) is 5. The normalized spacial score (nSPS) is 12.0. The van der Waals surface area contributed by atoms with E-state index in [1.807, 2.05) is 80.1 Å². The van der Waals surface area contributed by atoms with E-state index in [1.54, 1.807) is 11.0 Å². The van der Waals surface area contributed by atoms with Gasteiger partial charge in [0.25, 0.3) is 5.91 Å². The highest BCUT2D eigenvalue weighted by Crippen LogP contribution is 2.17. The van der Waals surface area contributed by atoms with Crippen molar-refractivity contribution in [1.29, 1.82) is 0 Å². The fourth-order valence-corrected chi connectivity index (χ4v) is 3.44. The van der Waals surface area contributed by atoms with Crippen LogP contribution in [0.4, 0.5) is 0 Å². The van der Waals surface area contributed by atoms with Crippen LogP contribution in [-0.4, -0.2) is 30.5 Å². The van der Waals surface area contributed by atoms with Crippen LogP contribution in [0.25, 0.3) is 5.69 Å². The highest BCUT2D eigenvalue weighted by atomic mass is 16.1. The molecule has 0 aliphatic rings. The lowest BCUT2D eigenvalue weighted by atomic mass is 10.1. The summed E-state index contributed by atoms with van der Waals surface area (Å²) in [5, 5.41) is 11.7. The molecule has 0 bridgehead atoms. The van der Waals surface area contributed by atoms with Crippen LogP contribution >= 0.6 is 0 Å². The third-order valence-corrected chi connectivity index (χ3v) is 5.05. The molecule has 0 saturated heterocycles. The van der Waals surface area contributed by atoms with Crippen LogP contribution in [0.5, 0.6) is 0 Å². The van der Waals surface area contributed by atoms with Crippen LogP contribution in [0.1, 0.15) is 45.8 Å². The first-order valence-electron chi connectivity index (χ1n) is 9.85. The highest BCUT2D eigenvalue weighted by molar-refractivity contribution is 5.94. The van der Waals surface area contributed by atoms with Gasteiger partial charge in [-0.15, -0.1) is 0 Å². The average Bonchev–Trinajstić information content (AvgIpc) is 3.38. The van der Waals surface area contributed by atoms with Crippen molar-refractivity contribution in [2.24, 2.45) is 0 Å². The number of carbonyl (C=O) groups is 1. The van der Waals surface area contributed by atoms with Gasteiger partial charge in [-0.1, -0.05) is 24.3 Å². The highest BCUT2D eigenvalue weighted by Gasteiger charge is 2.13. The molecular weight excluding hydrogens is 376 g/mol. The van der Waals surface area contributed by atoms with E-state index in [4.69, 9.17) is 0 Å². The number of rotatable bonds is 6. The van der Waals surface area contributed by atoms with E-state index >= 15 is 0 Å². The Kier molecular flexibility index (Phi) is 5.43. The van der Waals surface area contributed by atoms with Crippen LogP contribution in [0, 0.1) is 13.8 Å². The van der Waals surface area contributed by atoms with Gasteiger partial charge in [0.05, 0.1) is 24.0 Å². The van der Waals surface area contributed by atoms with Crippen molar-refractivity contribution in [2.75, 3.05) is 0 Å². The standard InChI is InChI=1S/C23H24N6O/c1-16-11-17(2)28(27-16)13-19-5-4-6-21(12-19)23(30)26-18(3)20-7-9-22(10-8-20)29-15-24-14-25-29/h4-12,14-15,18H,13H2,1-3H3,(H,26,30). The van der Waals surface area contributed by atoms with Gasteiger partial charge in [0.15, 0.2) is 0 Å². The molecule has 0 fully saturated rings. The van der Waals surface area contributed by atoms with Gasteiger partial charge in [-0.3, -0.25) is 9.48 Å². The lowest BCUT2D eigenvalue weighted by Gasteiger charge is -2.15. The monoisotopic (exact) mass is 400 g/mol. The largest absolute Gasteiger partial charge is 0.346 e. The van der Waals surface area contributed by atoms with Gasteiger partial charge in [0.2, 0.25) is 0 Å². The molecule has 1 N–H and O–H groups in total. The van der Waals surface area contributed by atoms with Crippen LogP contribution < -0.4 is 5.32 Å². The maximum atomic E-state index is 12.8.